The van der Waals surface area contributed by atoms with Crippen LogP contribution in [0.25, 0.3) is 11.0 Å². The number of likely N-dealkylation sites (tertiary alicyclic amines) is 1. The van der Waals surface area contributed by atoms with Gasteiger partial charge < -0.3 is 9.47 Å². The number of rotatable bonds is 5. The molecule has 4 rings (SSSR count). The second kappa shape index (κ2) is 7.54. The van der Waals surface area contributed by atoms with Crippen LogP contribution in [0.15, 0.2) is 59.5 Å². The van der Waals surface area contributed by atoms with Crippen molar-refractivity contribution in [2.24, 2.45) is 0 Å². The van der Waals surface area contributed by atoms with Crippen LogP contribution in [-0.2, 0) is 4.79 Å². The molecule has 0 bridgehead atoms. The molecular formula is C21H23N3OS. The molecule has 1 fully saturated rings. The van der Waals surface area contributed by atoms with E-state index in [1.807, 2.05) is 29.2 Å². The highest BCUT2D eigenvalue weighted by Crippen LogP contribution is 2.28. The molecular weight excluding hydrogens is 342 g/mol. The summed E-state index contributed by atoms with van der Waals surface area (Å²) < 4.78 is 2.31. The van der Waals surface area contributed by atoms with Crippen molar-refractivity contribution in [3.63, 3.8) is 0 Å². The molecule has 0 N–H and O–H groups in total. The molecule has 1 aliphatic heterocycles. The predicted octanol–water partition coefficient (Wildman–Crippen LogP) is 4.30. The van der Waals surface area contributed by atoms with E-state index in [-0.39, 0.29) is 5.91 Å². The lowest BCUT2D eigenvalue weighted by Gasteiger charge is -2.18. The SMILES string of the molecule is Cc1nc2ccccc2n1[C@@H]1CCN(C(=O)CCSc2ccccc2)C1. The van der Waals surface area contributed by atoms with Gasteiger partial charge in [0.05, 0.1) is 17.1 Å². The minimum Gasteiger partial charge on any atom is -0.341 e. The van der Waals surface area contributed by atoms with Gasteiger partial charge in [-0.25, -0.2) is 4.98 Å². The zero-order valence-corrected chi connectivity index (χ0v) is 15.8. The van der Waals surface area contributed by atoms with Crippen molar-refractivity contribution < 1.29 is 4.79 Å². The largest absolute Gasteiger partial charge is 0.341 e. The number of fused-ring (bicyclic) bond motifs is 1. The molecule has 2 heterocycles. The van der Waals surface area contributed by atoms with Crippen LogP contribution in [0.2, 0.25) is 0 Å². The summed E-state index contributed by atoms with van der Waals surface area (Å²) in [5.41, 5.74) is 2.21. The fourth-order valence-corrected chi connectivity index (χ4v) is 4.60. The van der Waals surface area contributed by atoms with E-state index in [0.29, 0.717) is 12.5 Å². The fourth-order valence-electron chi connectivity index (χ4n) is 3.74. The highest BCUT2D eigenvalue weighted by Gasteiger charge is 2.28. The number of benzene rings is 2. The molecule has 1 amide bonds. The molecule has 5 heteroatoms. The number of carbonyl (C=O) groups is 1. The van der Waals surface area contributed by atoms with E-state index in [1.54, 1.807) is 11.8 Å². The molecule has 0 unspecified atom stereocenters. The molecule has 0 spiro atoms. The molecule has 1 aliphatic rings. The number of aryl methyl sites for hydroxylation is 1. The molecule has 4 nitrogen and oxygen atoms in total. The first-order chi connectivity index (χ1) is 12.7. The fraction of sp³-hybridized carbons (Fsp3) is 0.333. The van der Waals surface area contributed by atoms with Gasteiger partial charge in [0.25, 0.3) is 0 Å². The second-order valence-electron chi connectivity index (χ2n) is 6.71. The van der Waals surface area contributed by atoms with Crippen molar-refractivity contribution in [3.8, 4) is 0 Å². The Hall–Kier alpha value is -2.27. The Morgan fingerprint density at radius 2 is 1.92 bits per heavy atom. The zero-order valence-electron chi connectivity index (χ0n) is 15.0. The Morgan fingerprint density at radius 3 is 2.77 bits per heavy atom. The number of para-hydroxylation sites is 2. The van der Waals surface area contributed by atoms with E-state index in [4.69, 9.17) is 0 Å². The molecule has 0 radical (unpaired) electrons. The number of nitrogens with zero attached hydrogens (tertiary/aromatic N) is 3. The summed E-state index contributed by atoms with van der Waals surface area (Å²) in [6.07, 6.45) is 1.59. The molecule has 1 aromatic heterocycles. The molecule has 1 atom stereocenters. The van der Waals surface area contributed by atoms with E-state index in [0.717, 1.165) is 36.6 Å². The number of carbonyl (C=O) groups excluding carboxylic acids is 1. The van der Waals surface area contributed by atoms with Gasteiger partial charge in [0.15, 0.2) is 0 Å². The van der Waals surface area contributed by atoms with Gasteiger partial charge in [0.2, 0.25) is 5.91 Å². The Bertz CT molecular complexity index is 906. The Labute approximate surface area is 158 Å². The molecule has 3 aromatic rings. The summed E-state index contributed by atoms with van der Waals surface area (Å²) in [5, 5.41) is 0. The van der Waals surface area contributed by atoms with Crippen molar-refractivity contribution in [1.82, 2.24) is 14.5 Å². The van der Waals surface area contributed by atoms with Gasteiger partial charge >= 0.3 is 0 Å². The van der Waals surface area contributed by atoms with Crippen LogP contribution in [0.5, 0.6) is 0 Å². The van der Waals surface area contributed by atoms with Gasteiger partial charge in [-0.05, 0) is 37.6 Å². The molecule has 2 aromatic carbocycles. The molecule has 0 saturated carbocycles. The maximum atomic E-state index is 12.6. The van der Waals surface area contributed by atoms with Crippen LogP contribution >= 0.6 is 11.8 Å². The van der Waals surface area contributed by atoms with Crippen molar-refractivity contribution in [2.75, 3.05) is 18.8 Å². The van der Waals surface area contributed by atoms with E-state index in [9.17, 15) is 4.79 Å². The van der Waals surface area contributed by atoms with Crippen LogP contribution in [0.4, 0.5) is 0 Å². The average molecular weight is 366 g/mol. The van der Waals surface area contributed by atoms with Gasteiger partial charge in [-0.3, -0.25) is 4.79 Å². The number of hydrogen-bond donors (Lipinski definition) is 0. The number of amides is 1. The lowest BCUT2D eigenvalue weighted by atomic mass is 10.2. The standard InChI is InChI=1S/C21H23N3OS/c1-16-22-19-9-5-6-10-20(19)24(16)17-11-13-23(15-17)21(25)12-14-26-18-7-3-2-4-8-18/h2-10,17H,11-15H2,1H3/t17-/m1/s1. The summed E-state index contributed by atoms with van der Waals surface area (Å²) in [7, 11) is 0. The first kappa shape index (κ1) is 17.2. The van der Waals surface area contributed by atoms with Crippen molar-refractivity contribution >= 4 is 28.7 Å². The maximum absolute atomic E-state index is 12.6. The monoisotopic (exact) mass is 365 g/mol. The first-order valence-electron chi connectivity index (χ1n) is 9.11. The molecule has 134 valence electrons. The lowest BCUT2D eigenvalue weighted by molar-refractivity contribution is -0.129. The number of thioether (sulfide) groups is 1. The maximum Gasteiger partial charge on any atom is 0.223 e. The average Bonchev–Trinajstić information content (AvgIpc) is 3.26. The minimum absolute atomic E-state index is 0.262. The lowest BCUT2D eigenvalue weighted by Crippen LogP contribution is -2.29. The number of hydrogen-bond acceptors (Lipinski definition) is 3. The second-order valence-corrected chi connectivity index (χ2v) is 7.88. The molecule has 1 saturated heterocycles. The van der Waals surface area contributed by atoms with Crippen LogP contribution in [0.1, 0.15) is 24.7 Å². The van der Waals surface area contributed by atoms with Gasteiger partial charge in [-0.15, -0.1) is 11.8 Å². The van der Waals surface area contributed by atoms with Crippen LogP contribution < -0.4 is 0 Å². The third-order valence-electron chi connectivity index (χ3n) is 4.98. The van der Waals surface area contributed by atoms with Crippen LogP contribution in [0, 0.1) is 6.92 Å². The van der Waals surface area contributed by atoms with Crippen LogP contribution in [-0.4, -0.2) is 39.2 Å². The van der Waals surface area contributed by atoms with Crippen molar-refractivity contribution in [3.05, 3.63) is 60.4 Å². The number of aromatic nitrogens is 2. The quantitative estimate of drug-likeness (QED) is 0.633. The third kappa shape index (κ3) is 3.49. The summed E-state index contributed by atoms with van der Waals surface area (Å²) >= 11 is 1.75. The minimum atomic E-state index is 0.262. The highest BCUT2D eigenvalue weighted by molar-refractivity contribution is 7.99. The first-order valence-corrected chi connectivity index (χ1v) is 10.1. The summed E-state index contributed by atoms with van der Waals surface area (Å²) in [5.74, 6) is 2.12. The molecule has 0 aliphatic carbocycles. The topological polar surface area (TPSA) is 38.1 Å². The van der Waals surface area contributed by atoms with E-state index in [2.05, 4.69) is 46.8 Å². The highest BCUT2D eigenvalue weighted by atomic mass is 32.2. The van der Waals surface area contributed by atoms with Gasteiger partial charge in [0.1, 0.15) is 5.82 Å². The summed E-state index contributed by atoms with van der Waals surface area (Å²) in [6.45, 7) is 3.68. The van der Waals surface area contributed by atoms with E-state index < -0.39 is 0 Å². The predicted molar refractivity (Wildman–Crippen MR) is 106 cm³/mol. The van der Waals surface area contributed by atoms with Gasteiger partial charge in [-0.2, -0.15) is 0 Å². The third-order valence-corrected chi connectivity index (χ3v) is 6.00. The van der Waals surface area contributed by atoms with Crippen LogP contribution in [0.3, 0.4) is 0 Å². The Balaban J connectivity index is 1.37. The van der Waals surface area contributed by atoms with Crippen molar-refractivity contribution in [1.29, 1.82) is 0 Å². The van der Waals surface area contributed by atoms with Crippen molar-refractivity contribution in [2.45, 2.75) is 30.7 Å². The van der Waals surface area contributed by atoms with E-state index >= 15 is 0 Å². The zero-order chi connectivity index (χ0) is 17.9. The van der Waals surface area contributed by atoms with Gasteiger partial charge in [-0.1, -0.05) is 30.3 Å². The molecule has 26 heavy (non-hydrogen) atoms. The summed E-state index contributed by atoms with van der Waals surface area (Å²) in [6, 6.07) is 18.8. The Morgan fingerprint density at radius 1 is 1.15 bits per heavy atom. The smallest absolute Gasteiger partial charge is 0.223 e. The normalized spacial score (nSPS) is 17.1. The van der Waals surface area contributed by atoms with E-state index in [1.165, 1.54) is 10.4 Å². The number of imidazole rings is 1. The summed E-state index contributed by atoms with van der Waals surface area (Å²) in [4.78, 5) is 20.5. The Kier molecular flexibility index (Phi) is 4.98. The van der Waals surface area contributed by atoms with Gasteiger partial charge in [0, 0.05) is 30.2 Å².